The van der Waals surface area contributed by atoms with E-state index in [-0.39, 0.29) is 10.8 Å². The minimum absolute atomic E-state index is 0.0389. The number of carbonyl (C=O) groups is 1. The molecule has 1 heterocycles. The van der Waals surface area contributed by atoms with Gasteiger partial charge in [-0.25, -0.2) is 13.6 Å². The van der Waals surface area contributed by atoms with Crippen LogP contribution in [0.3, 0.4) is 0 Å². The number of carbonyl (C=O) groups excluding carboxylic acids is 1. The fourth-order valence-electron chi connectivity index (χ4n) is 1.93. The Kier molecular flexibility index (Phi) is 5.35. The number of rotatable bonds is 6. The van der Waals surface area contributed by atoms with E-state index in [1.165, 1.54) is 16.8 Å². The first-order valence-electron chi connectivity index (χ1n) is 6.69. The lowest BCUT2D eigenvalue weighted by atomic mass is 10.1. The summed E-state index contributed by atoms with van der Waals surface area (Å²) in [4.78, 5) is 14.1. The van der Waals surface area contributed by atoms with Gasteiger partial charge in [-0.1, -0.05) is 20.3 Å². The molecule has 0 saturated heterocycles. The zero-order valence-corrected chi connectivity index (χ0v) is 13.3. The highest BCUT2D eigenvalue weighted by Crippen LogP contribution is 2.15. The molecule has 0 radical (unpaired) electrons. The third kappa shape index (κ3) is 3.83. The van der Waals surface area contributed by atoms with E-state index in [1.807, 2.05) is 6.92 Å². The highest BCUT2D eigenvalue weighted by atomic mass is 32.2. The van der Waals surface area contributed by atoms with Crippen molar-refractivity contribution < 1.29 is 13.2 Å². The highest BCUT2D eigenvalue weighted by Gasteiger charge is 2.22. The molecule has 2 N–H and O–H groups in total. The highest BCUT2D eigenvalue weighted by molar-refractivity contribution is 7.89. The van der Waals surface area contributed by atoms with Crippen LogP contribution in [-0.2, 0) is 17.1 Å². The summed E-state index contributed by atoms with van der Waals surface area (Å²) < 4.78 is 24.1. The zero-order chi connectivity index (χ0) is 15.5. The standard InChI is InChI=1S/C13H23N3O3S/c1-5-10(3)8-16(6-2)13(17)12-7-11(9-15(12)4)20(14,18)19/h7,9-10H,5-6,8H2,1-4H3,(H2,14,18,19). The van der Waals surface area contributed by atoms with Gasteiger partial charge in [0.05, 0.1) is 0 Å². The molecule has 1 aromatic heterocycles. The third-order valence-corrected chi connectivity index (χ3v) is 4.31. The predicted octanol–water partition coefficient (Wildman–Crippen LogP) is 1.18. The summed E-state index contributed by atoms with van der Waals surface area (Å²) in [6, 6.07) is 1.33. The second-order valence-electron chi connectivity index (χ2n) is 5.07. The number of aromatic nitrogens is 1. The van der Waals surface area contributed by atoms with Gasteiger partial charge >= 0.3 is 0 Å². The summed E-state index contributed by atoms with van der Waals surface area (Å²) in [6.45, 7) is 7.30. The summed E-state index contributed by atoms with van der Waals surface area (Å²) in [6.07, 6.45) is 2.35. The van der Waals surface area contributed by atoms with Crippen LogP contribution in [0.25, 0.3) is 0 Å². The van der Waals surface area contributed by atoms with Crippen LogP contribution < -0.4 is 5.14 Å². The molecule has 1 atom stereocenters. The SMILES string of the molecule is CCC(C)CN(CC)C(=O)c1cc(S(N)(=O)=O)cn1C. The van der Waals surface area contributed by atoms with Gasteiger partial charge in [0.25, 0.3) is 5.91 Å². The zero-order valence-electron chi connectivity index (χ0n) is 12.5. The van der Waals surface area contributed by atoms with Crippen molar-refractivity contribution in [1.82, 2.24) is 9.47 Å². The number of amides is 1. The van der Waals surface area contributed by atoms with E-state index < -0.39 is 10.0 Å². The van der Waals surface area contributed by atoms with Gasteiger partial charge in [0.1, 0.15) is 10.6 Å². The smallest absolute Gasteiger partial charge is 0.270 e. The van der Waals surface area contributed by atoms with Gasteiger partial charge in [-0.05, 0) is 18.9 Å². The normalized spacial score (nSPS) is 13.2. The molecule has 0 aliphatic heterocycles. The monoisotopic (exact) mass is 301 g/mol. The van der Waals surface area contributed by atoms with Gasteiger partial charge in [-0.3, -0.25) is 4.79 Å². The van der Waals surface area contributed by atoms with Crippen molar-refractivity contribution in [3.63, 3.8) is 0 Å². The van der Waals surface area contributed by atoms with Crippen LogP contribution in [0.5, 0.6) is 0 Å². The van der Waals surface area contributed by atoms with Crippen LogP contribution in [0.4, 0.5) is 0 Å². The van der Waals surface area contributed by atoms with Crippen LogP contribution in [-0.4, -0.2) is 36.9 Å². The van der Waals surface area contributed by atoms with Crippen molar-refractivity contribution in [1.29, 1.82) is 0 Å². The number of nitrogens with zero attached hydrogens (tertiary/aromatic N) is 2. The lowest BCUT2D eigenvalue weighted by Gasteiger charge is -2.24. The quantitative estimate of drug-likeness (QED) is 0.856. The number of primary sulfonamides is 1. The molecule has 0 fully saturated rings. The summed E-state index contributed by atoms with van der Waals surface area (Å²) in [5.41, 5.74) is 0.333. The molecule has 0 saturated carbocycles. The van der Waals surface area contributed by atoms with Crippen LogP contribution in [0, 0.1) is 5.92 Å². The van der Waals surface area contributed by atoms with Gasteiger partial charge in [0, 0.05) is 26.3 Å². The molecule has 0 aliphatic carbocycles. The van der Waals surface area contributed by atoms with Gasteiger partial charge in [-0.15, -0.1) is 0 Å². The van der Waals surface area contributed by atoms with E-state index in [9.17, 15) is 13.2 Å². The van der Waals surface area contributed by atoms with E-state index in [2.05, 4.69) is 13.8 Å². The molecular formula is C13H23N3O3S. The molecule has 1 rings (SSSR count). The molecule has 1 unspecified atom stereocenters. The molecule has 0 aliphatic rings. The Morgan fingerprint density at radius 1 is 1.45 bits per heavy atom. The molecule has 6 nitrogen and oxygen atoms in total. The van der Waals surface area contributed by atoms with Crippen molar-refractivity contribution in [2.75, 3.05) is 13.1 Å². The van der Waals surface area contributed by atoms with E-state index in [0.717, 1.165) is 6.42 Å². The fraction of sp³-hybridized carbons (Fsp3) is 0.615. The van der Waals surface area contributed by atoms with Crippen LogP contribution >= 0.6 is 0 Å². The van der Waals surface area contributed by atoms with Crippen molar-refractivity contribution in [2.24, 2.45) is 18.1 Å². The maximum Gasteiger partial charge on any atom is 0.270 e. The first kappa shape index (κ1) is 16.7. The minimum Gasteiger partial charge on any atom is -0.345 e. The van der Waals surface area contributed by atoms with Crippen LogP contribution in [0.1, 0.15) is 37.7 Å². The molecule has 0 spiro atoms. The Morgan fingerprint density at radius 2 is 2.05 bits per heavy atom. The Morgan fingerprint density at radius 3 is 2.45 bits per heavy atom. The molecular weight excluding hydrogens is 278 g/mol. The number of aryl methyl sites for hydroxylation is 1. The van der Waals surface area contributed by atoms with Crippen molar-refractivity contribution >= 4 is 15.9 Å². The molecule has 20 heavy (non-hydrogen) atoms. The lowest BCUT2D eigenvalue weighted by molar-refractivity contribution is 0.0731. The minimum atomic E-state index is -3.79. The Balaban J connectivity index is 3.04. The van der Waals surface area contributed by atoms with Crippen molar-refractivity contribution in [3.05, 3.63) is 18.0 Å². The lowest BCUT2D eigenvalue weighted by Crippen LogP contribution is -2.35. The molecule has 0 bridgehead atoms. The van der Waals surface area contributed by atoms with E-state index >= 15 is 0 Å². The Labute approximate surface area is 120 Å². The van der Waals surface area contributed by atoms with Gasteiger partial charge in [0.15, 0.2) is 0 Å². The van der Waals surface area contributed by atoms with E-state index in [0.29, 0.717) is 24.7 Å². The summed E-state index contributed by atoms with van der Waals surface area (Å²) in [5.74, 6) is 0.224. The number of nitrogens with two attached hydrogens (primary N) is 1. The third-order valence-electron chi connectivity index (χ3n) is 3.43. The van der Waals surface area contributed by atoms with Gasteiger partial charge in [0.2, 0.25) is 10.0 Å². The van der Waals surface area contributed by atoms with Crippen LogP contribution in [0.2, 0.25) is 0 Å². The molecule has 114 valence electrons. The number of hydrogen-bond acceptors (Lipinski definition) is 3. The fourth-order valence-corrected chi connectivity index (χ4v) is 2.51. The second-order valence-corrected chi connectivity index (χ2v) is 6.64. The summed E-state index contributed by atoms with van der Waals surface area (Å²) in [5, 5.41) is 5.08. The van der Waals surface area contributed by atoms with E-state index in [4.69, 9.17) is 5.14 Å². The molecule has 1 amide bonds. The average molecular weight is 301 g/mol. The van der Waals surface area contributed by atoms with Crippen molar-refractivity contribution in [3.8, 4) is 0 Å². The average Bonchev–Trinajstić information content (AvgIpc) is 2.76. The maximum atomic E-state index is 12.5. The molecule has 7 heteroatoms. The second kappa shape index (κ2) is 6.41. The van der Waals surface area contributed by atoms with E-state index in [1.54, 1.807) is 11.9 Å². The number of hydrogen-bond donors (Lipinski definition) is 1. The van der Waals surface area contributed by atoms with Crippen molar-refractivity contribution in [2.45, 2.75) is 32.1 Å². The number of sulfonamides is 1. The Hall–Kier alpha value is -1.34. The van der Waals surface area contributed by atoms with Gasteiger partial charge < -0.3 is 9.47 Å². The Bertz CT molecular complexity index is 578. The largest absolute Gasteiger partial charge is 0.345 e. The first-order chi connectivity index (χ1) is 9.20. The predicted molar refractivity (Wildman–Crippen MR) is 77.8 cm³/mol. The topological polar surface area (TPSA) is 85.4 Å². The molecule has 1 aromatic rings. The maximum absolute atomic E-state index is 12.5. The van der Waals surface area contributed by atoms with Crippen LogP contribution in [0.15, 0.2) is 17.2 Å². The summed E-state index contributed by atoms with van der Waals surface area (Å²) >= 11 is 0. The summed E-state index contributed by atoms with van der Waals surface area (Å²) in [7, 11) is -2.15. The van der Waals surface area contributed by atoms with Gasteiger partial charge in [-0.2, -0.15) is 0 Å². The first-order valence-corrected chi connectivity index (χ1v) is 8.23. The molecule has 0 aromatic carbocycles.